The molecule has 0 amide bonds. The summed E-state index contributed by atoms with van der Waals surface area (Å²) < 4.78 is 5.14. The first-order valence-electron chi connectivity index (χ1n) is 5.87. The Morgan fingerprint density at radius 1 is 1.31 bits per heavy atom. The van der Waals surface area contributed by atoms with Crippen LogP contribution in [-0.4, -0.2) is 4.98 Å². The zero-order valence-corrected chi connectivity index (χ0v) is 9.38. The number of aromatic nitrogens is 1. The quantitative estimate of drug-likeness (QED) is 0.797. The van der Waals surface area contributed by atoms with Gasteiger partial charge in [-0.25, -0.2) is 4.79 Å². The molecule has 1 aromatic carbocycles. The second-order valence-corrected chi connectivity index (χ2v) is 4.71. The zero-order valence-electron chi connectivity index (χ0n) is 9.38. The molecular weight excluding hydrogens is 202 g/mol. The number of benzene rings is 1. The summed E-state index contributed by atoms with van der Waals surface area (Å²) in [6, 6.07) is 4.21. The van der Waals surface area contributed by atoms with E-state index in [1.54, 1.807) is 0 Å². The Morgan fingerprint density at radius 3 is 2.81 bits per heavy atom. The van der Waals surface area contributed by atoms with Crippen LogP contribution in [0.4, 0.5) is 0 Å². The fourth-order valence-electron chi connectivity index (χ4n) is 2.74. The maximum Gasteiger partial charge on any atom is 0.417 e. The number of hydrogen-bond acceptors (Lipinski definition) is 2. The molecule has 0 unspecified atom stereocenters. The highest BCUT2D eigenvalue weighted by Crippen LogP contribution is 2.35. The van der Waals surface area contributed by atoms with E-state index >= 15 is 0 Å². The second kappa shape index (κ2) is 3.51. The van der Waals surface area contributed by atoms with E-state index in [0.29, 0.717) is 11.5 Å². The van der Waals surface area contributed by atoms with Gasteiger partial charge >= 0.3 is 5.76 Å². The summed E-state index contributed by atoms with van der Waals surface area (Å²) in [6.07, 6.45) is 5.16. The molecule has 1 aliphatic rings. The first kappa shape index (κ1) is 9.70. The van der Waals surface area contributed by atoms with E-state index < -0.39 is 0 Å². The lowest BCUT2D eigenvalue weighted by Gasteiger charge is -2.10. The number of rotatable bonds is 1. The minimum atomic E-state index is -0.360. The summed E-state index contributed by atoms with van der Waals surface area (Å²) in [5.74, 6) is 0.296. The van der Waals surface area contributed by atoms with E-state index in [1.807, 2.05) is 13.0 Å². The third-order valence-corrected chi connectivity index (χ3v) is 3.58. The highest BCUT2D eigenvalue weighted by molar-refractivity contribution is 5.77. The molecular formula is C13H15NO2. The Balaban J connectivity index is 2.16. The molecule has 3 heteroatoms. The van der Waals surface area contributed by atoms with Gasteiger partial charge in [-0.1, -0.05) is 18.9 Å². The Hall–Kier alpha value is -1.51. The van der Waals surface area contributed by atoms with Gasteiger partial charge in [-0.05, 0) is 42.9 Å². The standard InChI is InChI=1S/C13H15NO2/c1-8-6-10(9-4-2-3-5-9)7-11-12(8)14-13(15)16-11/h6-7,9H,2-5H2,1H3,(H,14,15). The predicted molar refractivity (Wildman–Crippen MR) is 62.8 cm³/mol. The summed E-state index contributed by atoms with van der Waals surface area (Å²) in [6.45, 7) is 2.02. The molecule has 1 aliphatic carbocycles. The predicted octanol–water partition coefficient (Wildman–Crippen LogP) is 3.09. The van der Waals surface area contributed by atoms with Crippen molar-refractivity contribution in [3.05, 3.63) is 33.8 Å². The maximum atomic E-state index is 11.2. The summed E-state index contributed by atoms with van der Waals surface area (Å²) in [4.78, 5) is 13.9. The van der Waals surface area contributed by atoms with Crippen LogP contribution in [0.5, 0.6) is 0 Å². The largest absolute Gasteiger partial charge is 0.417 e. The van der Waals surface area contributed by atoms with Crippen LogP contribution in [0.3, 0.4) is 0 Å². The number of oxazole rings is 1. The molecule has 0 aliphatic heterocycles. The van der Waals surface area contributed by atoms with Crippen molar-refractivity contribution in [2.45, 2.75) is 38.5 Å². The summed E-state index contributed by atoms with van der Waals surface area (Å²) in [7, 11) is 0. The fraction of sp³-hybridized carbons (Fsp3) is 0.462. The van der Waals surface area contributed by atoms with Gasteiger partial charge in [0.25, 0.3) is 0 Å². The first-order chi connectivity index (χ1) is 7.74. The molecule has 0 spiro atoms. The molecule has 0 saturated heterocycles. The van der Waals surface area contributed by atoms with Crippen LogP contribution in [0.15, 0.2) is 21.3 Å². The van der Waals surface area contributed by atoms with Gasteiger partial charge in [0.15, 0.2) is 5.58 Å². The number of H-pyrrole nitrogens is 1. The summed E-state index contributed by atoms with van der Waals surface area (Å²) in [5.41, 5.74) is 3.97. The number of nitrogens with one attached hydrogen (secondary N) is 1. The lowest BCUT2D eigenvalue weighted by Crippen LogP contribution is -1.94. The highest BCUT2D eigenvalue weighted by atomic mass is 16.4. The topological polar surface area (TPSA) is 46.0 Å². The van der Waals surface area contributed by atoms with Gasteiger partial charge in [-0.15, -0.1) is 0 Å². The monoisotopic (exact) mass is 217 g/mol. The molecule has 1 fully saturated rings. The van der Waals surface area contributed by atoms with E-state index in [4.69, 9.17) is 4.42 Å². The Kier molecular flexibility index (Phi) is 2.13. The maximum absolute atomic E-state index is 11.2. The van der Waals surface area contributed by atoms with Gasteiger partial charge in [-0.2, -0.15) is 0 Å². The van der Waals surface area contributed by atoms with Crippen molar-refractivity contribution >= 4 is 11.1 Å². The molecule has 0 atom stereocenters. The molecule has 0 radical (unpaired) electrons. The number of hydrogen-bond donors (Lipinski definition) is 1. The number of aryl methyl sites for hydroxylation is 1. The van der Waals surface area contributed by atoms with Crippen molar-refractivity contribution in [1.29, 1.82) is 0 Å². The van der Waals surface area contributed by atoms with Gasteiger partial charge in [0.05, 0.1) is 5.52 Å². The fourth-order valence-corrected chi connectivity index (χ4v) is 2.74. The smallest absolute Gasteiger partial charge is 0.408 e. The Bertz CT molecular complexity index is 573. The molecule has 2 aromatic rings. The first-order valence-corrected chi connectivity index (χ1v) is 5.87. The SMILES string of the molecule is Cc1cc(C2CCCC2)cc2oc(=O)[nH]c12. The minimum Gasteiger partial charge on any atom is -0.408 e. The third kappa shape index (κ3) is 1.47. The van der Waals surface area contributed by atoms with Gasteiger partial charge in [0.1, 0.15) is 0 Å². The molecule has 1 aromatic heterocycles. The van der Waals surface area contributed by atoms with Gasteiger partial charge in [0.2, 0.25) is 0 Å². The average Bonchev–Trinajstić information content (AvgIpc) is 2.84. The van der Waals surface area contributed by atoms with Crippen LogP contribution in [0.25, 0.3) is 11.1 Å². The van der Waals surface area contributed by atoms with Gasteiger partial charge in [-0.3, -0.25) is 4.98 Å². The van der Waals surface area contributed by atoms with E-state index in [2.05, 4.69) is 11.1 Å². The van der Waals surface area contributed by atoms with Crippen molar-refractivity contribution in [2.24, 2.45) is 0 Å². The van der Waals surface area contributed by atoms with Crippen LogP contribution < -0.4 is 5.76 Å². The van der Waals surface area contributed by atoms with Crippen molar-refractivity contribution in [3.8, 4) is 0 Å². The Labute approximate surface area is 93.5 Å². The van der Waals surface area contributed by atoms with Gasteiger partial charge in [0, 0.05) is 0 Å². The molecule has 1 N–H and O–H groups in total. The molecule has 84 valence electrons. The van der Waals surface area contributed by atoms with E-state index in [9.17, 15) is 4.79 Å². The number of aromatic amines is 1. The van der Waals surface area contributed by atoms with E-state index in [-0.39, 0.29) is 5.76 Å². The molecule has 3 rings (SSSR count). The lowest BCUT2D eigenvalue weighted by molar-refractivity contribution is 0.554. The molecule has 16 heavy (non-hydrogen) atoms. The van der Waals surface area contributed by atoms with E-state index in [1.165, 1.54) is 31.2 Å². The van der Waals surface area contributed by atoms with Crippen LogP contribution in [-0.2, 0) is 0 Å². The van der Waals surface area contributed by atoms with Gasteiger partial charge < -0.3 is 4.42 Å². The molecule has 0 bridgehead atoms. The Morgan fingerprint density at radius 2 is 2.06 bits per heavy atom. The summed E-state index contributed by atoms with van der Waals surface area (Å²) in [5, 5.41) is 0. The van der Waals surface area contributed by atoms with Crippen molar-refractivity contribution < 1.29 is 4.42 Å². The van der Waals surface area contributed by atoms with Crippen LogP contribution in [0.2, 0.25) is 0 Å². The molecule has 1 saturated carbocycles. The average molecular weight is 217 g/mol. The number of fused-ring (bicyclic) bond motifs is 1. The molecule has 3 nitrogen and oxygen atoms in total. The highest BCUT2D eigenvalue weighted by Gasteiger charge is 2.18. The summed E-state index contributed by atoms with van der Waals surface area (Å²) >= 11 is 0. The molecule has 1 heterocycles. The second-order valence-electron chi connectivity index (χ2n) is 4.71. The van der Waals surface area contributed by atoms with Crippen LogP contribution in [0.1, 0.15) is 42.7 Å². The minimum absolute atomic E-state index is 0.360. The van der Waals surface area contributed by atoms with E-state index in [0.717, 1.165) is 11.1 Å². The van der Waals surface area contributed by atoms with Crippen LogP contribution >= 0.6 is 0 Å². The van der Waals surface area contributed by atoms with Crippen LogP contribution in [0, 0.1) is 6.92 Å². The van der Waals surface area contributed by atoms with Crippen molar-refractivity contribution in [3.63, 3.8) is 0 Å². The zero-order chi connectivity index (χ0) is 11.1. The van der Waals surface area contributed by atoms with Crippen molar-refractivity contribution in [2.75, 3.05) is 0 Å². The van der Waals surface area contributed by atoms with Crippen molar-refractivity contribution in [1.82, 2.24) is 4.98 Å². The lowest BCUT2D eigenvalue weighted by atomic mass is 9.96. The normalized spacial score (nSPS) is 17.3. The third-order valence-electron chi connectivity index (χ3n) is 3.58.